The van der Waals surface area contributed by atoms with Crippen LogP contribution < -0.4 is 0 Å². The molecule has 1 aliphatic carbocycles. The monoisotopic (exact) mass is 295 g/mol. The maximum Gasteiger partial charge on any atom is 0.0488 e. The third-order valence-corrected chi connectivity index (χ3v) is 5.05. The molecule has 21 heavy (non-hydrogen) atoms. The van der Waals surface area contributed by atoms with Crippen LogP contribution in [0.15, 0.2) is 5.10 Å². The van der Waals surface area contributed by atoms with Crippen molar-refractivity contribution in [2.24, 2.45) is 16.4 Å². The van der Waals surface area contributed by atoms with Crippen molar-refractivity contribution < 1.29 is 5.11 Å². The van der Waals surface area contributed by atoms with Crippen LogP contribution in [0.3, 0.4) is 0 Å². The van der Waals surface area contributed by atoms with Gasteiger partial charge in [-0.1, -0.05) is 20.8 Å². The van der Waals surface area contributed by atoms with Gasteiger partial charge in [0.15, 0.2) is 0 Å². The summed E-state index contributed by atoms with van der Waals surface area (Å²) in [5.74, 6) is 0.853. The van der Waals surface area contributed by atoms with Gasteiger partial charge in [0.05, 0.1) is 0 Å². The van der Waals surface area contributed by atoms with Crippen LogP contribution in [-0.4, -0.2) is 60.1 Å². The fourth-order valence-electron chi connectivity index (χ4n) is 3.47. The molecule has 0 spiro atoms. The summed E-state index contributed by atoms with van der Waals surface area (Å²) in [5.41, 5.74) is 1.86. The minimum absolute atomic E-state index is 0.303. The molecule has 1 aliphatic heterocycles. The van der Waals surface area contributed by atoms with Gasteiger partial charge in [0.25, 0.3) is 0 Å². The molecule has 0 amide bonds. The predicted molar refractivity (Wildman–Crippen MR) is 88.6 cm³/mol. The summed E-state index contributed by atoms with van der Waals surface area (Å²) in [5, 5.41) is 16.1. The molecule has 0 radical (unpaired) electrons. The molecule has 2 rings (SSSR count). The van der Waals surface area contributed by atoms with Gasteiger partial charge < -0.3 is 5.11 Å². The molecule has 2 aliphatic rings. The summed E-state index contributed by atoms with van der Waals surface area (Å²) in [6.45, 7) is 12.7. The van der Waals surface area contributed by atoms with Crippen molar-refractivity contribution in [3.63, 3.8) is 0 Å². The Balaban J connectivity index is 1.73. The highest BCUT2D eigenvalue weighted by atomic mass is 16.3. The zero-order chi connectivity index (χ0) is 15.3. The molecule has 0 unspecified atom stereocenters. The molecule has 0 aromatic carbocycles. The Labute approximate surface area is 130 Å². The second-order valence-corrected chi connectivity index (χ2v) is 7.68. The van der Waals surface area contributed by atoms with Gasteiger partial charge in [-0.15, -0.1) is 0 Å². The number of hydrogen-bond donors (Lipinski definition) is 1. The lowest BCUT2D eigenvalue weighted by atomic mass is 9.72. The molecule has 0 atom stereocenters. The molecule has 1 saturated heterocycles. The number of nitrogens with zero attached hydrogens (tertiary/aromatic N) is 3. The summed E-state index contributed by atoms with van der Waals surface area (Å²) in [6, 6.07) is 0. The fourth-order valence-corrected chi connectivity index (χ4v) is 3.47. The lowest BCUT2D eigenvalue weighted by molar-refractivity contribution is 0.126. The van der Waals surface area contributed by atoms with E-state index >= 15 is 0 Å². The first kappa shape index (κ1) is 16.8. The van der Waals surface area contributed by atoms with Crippen molar-refractivity contribution in [3.05, 3.63) is 0 Å². The van der Waals surface area contributed by atoms with Crippen LogP contribution in [0.5, 0.6) is 0 Å². The highest BCUT2D eigenvalue weighted by Crippen LogP contribution is 2.36. The van der Waals surface area contributed by atoms with Gasteiger partial charge in [-0.2, -0.15) is 5.10 Å². The minimum Gasteiger partial charge on any atom is -0.396 e. The quantitative estimate of drug-likeness (QED) is 0.866. The van der Waals surface area contributed by atoms with Gasteiger partial charge in [0.1, 0.15) is 0 Å². The van der Waals surface area contributed by atoms with Crippen molar-refractivity contribution in [3.8, 4) is 0 Å². The van der Waals surface area contributed by atoms with Crippen LogP contribution in [0.25, 0.3) is 0 Å². The van der Waals surface area contributed by atoms with E-state index in [0.717, 1.165) is 45.1 Å². The van der Waals surface area contributed by atoms with Crippen LogP contribution >= 0.6 is 0 Å². The van der Waals surface area contributed by atoms with Gasteiger partial charge in [-0.25, -0.2) is 0 Å². The standard InChI is InChI=1S/C17H33N3O/c1-17(2,3)15-5-7-16(8-6-15)18-20-12-10-19(11-13-20)9-4-14-21/h15,21H,4-14H2,1-3H3. The fraction of sp³-hybridized carbons (Fsp3) is 0.941. The normalized spacial score (nSPS) is 25.2. The minimum atomic E-state index is 0.303. The van der Waals surface area contributed by atoms with E-state index in [9.17, 15) is 0 Å². The number of aliphatic hydroxyl groups is 1. The Morgan fingerprint density at radius 2 is 1.71 bits per heavy atom. The number of hydrazone groups is 1. The van der Waals surface area contributed by atoms with Gasteiger partial charge in [0.2, 0.25) is 0 Å². The number of rotatable bonds is 4. The van der Waals surface area contributed by atoms with E-state index < -0.39 is 0 Å². The average molecular weight is 295 g/mol. The van der Waals surface area contributed by atoms with Gasteiger partial charge in [-0.3, -0.25) is 9.91 Å². The van der Waals surface area contributed by atoms with E-state index in [1.807, 2.05) is 0 Å². The molecular weight excluding hydrogens is 262 g/mol. The Bertz CT molecular complexity index is 330. The number of piperazine rings is 1. The van der Waals surface area contributed by atoms with Crippen LogP contribution in [0.4, 0.5) is 0 Å². The summed E-state index contributed by atoms with van der Waals surface area (Å²) in [7, 11) is 0. The van der Waals surface area contributed by atoms with E-state index in [1.165, 1.54) is 31.4 Å². The first-order chi connectivity index (χ1) is 9.99. The van der Waals surface area contributed by atoms with E-state index in [0.29, 0.717) is 12.0 Å². The Morgan fingerprint density at radius 3 is 2.24 bits per heavy atom. The van der Waals surface area contributed by atoms with E-state index in [-0.39, 0.29) is 0 Å². The predicted octanol–water partition coefficient (Wildman–Crippen LogP) is 2.58. The topological polar surface area (TPSA) is 39.1 Å². The Kier molecular flexibility index (Phi) is 6.06. The summed E-state index contributed by atoms with van der Waals surface area (Å²) < 4.78 is 0. The smallest absolute Gasteiger partial charge is 0.0488 e. The van der Waals surface area contributed by atoms with Crippen LogP contribution in [0.2, 0.25) is 0 Å². The van der Waals surface area contributed by atoms with E-state index in [1.54, 1.807) is 0 Å². The molecular formula is C17H33N3O. The van der Waals surface area contributed by atoms with Crippen LogP contribution in [0.1, 0.15) is 52.9 Å². The maximum absolute atomic E-state index is 8.88. The first-order valence-electron chi connectivity index (χ1n) is 8.63. The van der Waals surface area contributed by atoms with Crippen molar-refractivity contribution in [2.75, 3.05) is 39.3 Å². The SMILES string of the molecule is CC(C)(C)C1CCC(=NN2CCN(CCCO)CC2)CC1. The zero-order valence-corrected chi connectivity index (χ0v) is 14.1. The highest BCUT2D eigenvalue weighted by Gasteiger charge is 2.28. The molecule has 1 saturated carbocycles. The van der Waals surface area contributed by atoms with Crippen molar-refractivity contribution >= 4 is 5.71 Å². The molecule has 0 aromatic heterocycles. The molecule has 4 nitrogen and oxygen atoms in total. The van der Waals surface area contributed by atoms with Crippen LogP contribution in [-0.2, 0) is 0 Å². The van der Waals surface area contributed by atoms with Crippen molar-refractivity contribution in [1.29, 1.82) is 0 Å². The summed E-state index contributed by atoms with van der Waals surface area (Å²) in [4.78, 5) is 2.43. The third kappa shape index (κ3) is 5.26. The van der Waals surface area contributed by atoms with E-state index in [2.05, 4.69) is 30.7 Å². The largest absolute Gasteiger partial charge is 0.396 e. The van der Waals surface area contributed by atoms with Gasteiger partial charge in [0, 0.05) is 45.0 Å². The molecule has 122 valence electrons. The Hall–Kier alpha value is -0.610. The van der Waals surface area contributed by atoms with Crippen molar-refractivity contribution in [2.45, 2.75) is 52.9 Å². The third-order valence-electron chi connectivity index (χ3n) is 5.05. The molecule has 0 bridgehead atoms. The van der Waals surface area contributed by atoms with E-state index in [4.69, 9.17) is 10.2 Å². The molecule has 4 heteroatoms. The summed E-state index contributed by atoms with van der Waals surface area (Å²) in [6.07, 6.45) is 5.87. The molecule has 2 fully saturated rings. The second kappa shape index (κ2) is 7.59. The Morgan fingerprint density at radius 1 is 1.10 bits per heavy atom. The lowest BCUT2D eigenvalue weighted by Gasteiger charge is -2.36. The summed E-state index contributed by atoms with van der Waals surface area (Å²) >= 11 is 0. The maximum atomic E-state index is 8.88. The molecule has 0 aromatic rings. The second-order valence-electron chi connectivity index (χ2n) is 7.68. The molecule has 1 N–H and O–H groups in total. The highest BCUT2D eigenvalue weighted by molar-refractivity contribution is 5.84. The average Bonchev–Trinajstić information content (AvgIpc) is 2.46. The van der Waals surface area contributed by atoms with Crippen LogP contribution in [0, 0.1) is 11.3 Å². The number of aliphatic hydroxyl groups excluding tert-OH is 1. The van der Waals surface area contributed by atoms with Crippen molar-refractivity contribution in [1.82, 2.24) is 9.91 Å². The van der Waals surface area contributed by atoms with Gasteiger partial charge >= 0.3 is 0 Å². The molecule has 1 heterocycles. The lowest BCUT2D eigenvalue weighted by Crippen LogP contribution is -2.45. The first-order valence-corrected chi connectivity index (χ1v) is 8.63. The van der Waals surface area contributed by atoms with Gasteiger partial charge in [-0.05, 0) is 43.4 Å². The number of hydrogen-bond acceptors (Lipinski definition) is 4. The zero-order valence-electron chi connectivity index (χ0n) is 14.1.